The van der Waals surface area contributed by atoms with Gasteiger partial charge in [0.1, 0.15) is 4.83 Å². The highest BCUT2D eigenvalue weighted by Gasteiger charge is 2.27. The van der Waals surface area contributed by atoms with E-state index in [1.54, 1.807) is 16.2 Å². The van der Waals surface area contributed by atoms with Crippen LogP contribution in [-0.2, 0) is 11.3 Å². The topological polar surface area (TPSA) is 93.4 Å². The summed E-state index contributed by atoms with van der Waals surface area (Å²) in [6, 6.07) is 0.257. The second-order valence-corrected chi connectivity index (χ2v) is 7.54. The van der Waals surface area contributed by atoms with Gasteiger partial charge in [-0.05, 0) is 32.3 Å². The van der Waals surface area contributed by atoms with Gasteiger partial charge < -0.3 is 20.7 Å². The van der Waals surface area contributed by atoms with Crippen molar-refractivity contribution < 1.29 is 9.53 Å². The fourth-order valence-electron chi connectivity index (χ4n) is 3.03. The van der Waals surface area contributed by atoms with Crippen molar-refractivity contribution in [2.45, 2.75) is 46.2 Å². The fraction of sp³-hybridized carbons (Fsp3) is 0.588. The zero-order valence-corrected chi connectivity index (χ0v) is 15.8. The van der Waals surface area contributed by atoms with Crippen molar-refractivity contribution in [1.82, 2.24) is 20.4 Å². The van der Waals surface area contributed by atoms with Gasteiger partial charge in [0, 0.05) is 35.9 Å². The molecule has 0 spiro atoms. The van der Waals surface area contributed by atoms with Crippen LogP contribution in [0, 0.1) is 13.8 Å². The third-order valence-corrected chi connectivity index (χ3v) is 5.73. The summed E-state index contributed by atoms with van der Waals surface area (Å²) in [7, 11) is 0. The zero-order chi connectivity index (χ0) is 18.0. The average Bonchev–Trinajstić information content (AvgIpc) is 3.19. The van der Waals surface area contributed by atoms with E-state index in [1.165, 1.54) is 0 Å². The predicted octanol–water partition coefficient (Wildman–Crippen LogP) is 2.60. The SMILES string of the molecule is CCCOC(=O)N1CCC(NCc2sc3nnc(C)c(C)c3c2N)C1. The predicted molar refractivity (Wildman–Crippen MR) is 99.8 cm³/mol. The van der Waals surface area contributed by atoms with Gasteiger partial charge in [-0.1, -0.05) is 6.92 Å². The average molecular weight is 363 g/mol. The Morgan fingerprint density at radius 2 is 2.24 bits per heavy atom. The van der Waals surface area contributed by atoms with Crippen molar-refractivity contribution in [1.29, 1.82) is 0 Å². The van der Waals surface area contributed by atoms with E-state index in [1.807, 2.05) is 20.8 Å². The van der Waals surface area contributed by atoms with Crippen molar-refractivity contribution in [3.8, 4) is 0 Å². The molecule has 3 heterocycles. The normalized spacial score (nSPS) is 17.4. The fourth-order valence-corrected chi connectivity index (χ4v) is 4.08. The number of nitrogens with two attached hydrogens (primary N) is 1. The van der Waals surface area contributed by atoms with Crippen molar-refractivity contribution in [2.75, 3.05) is 25.4 Å². The molecule has 1 atom stereocenters. The highest BCUT2D eigenvalue weighted by atomic mass is 32.1. The van der Waals surface area contributed by atoms with E-state index >= 15 is 0 Å². The van der Waals surface area contributed by atoms with Crippen LogP contribution >= 0.6 is 11.3 Å². The number of aromatic nitrogens is 2. The summed E-state index contributed by atoms with van der Waals surface area (Å²) < 4.78 is 5.20. The number of anilines is 1. The van der Waals surface area contributed by atoms with Crippen molar-refractivity contribution in [2.24, 2.45) is 0 Å². The van der Waals surface area contributed by atoms with E-state index < -0.39 is 0 Å². The van der Waals surface area contributed by atoms with E-state index in [0.717, 1.165) is 51.4 Å². The number of hydrogen-bond donors (Lipinski definition) is 2. The van der Waals surface area contributed by atoms with Crippen LogP contribution in [0.25, 0.3) is 10.2 Å². The molecule has 1 fully saturated rings. The number of hydrogen-bond acceptors (Lipinski definition) is 7. The van der Waals surface area contributed by atoms with E-state index in [4.69, 9.17) is 10.5 Å². The van der Waals surface area contributed by atoms with Gasteiger partial charge in [-0.15, -0.1) is 16.4 Å². The molecule has 2 aromatic rings. The van der Waals surface area contributed by atoms with Crippen LogP contribution in [0.2, 0.25) is 0 Å². The standard InChI is InChI=1S/C17H25N5O2S/c1-4-7-24-17(23)22-6-5-12(9-22)19-8-13-15(18)14-10(2)11(3)20-21-16(14)25-13/h12,19H,4-9,18H2,1-3H3. The second-order valence-electron chi connectivity index (χ2n) is 6.46. The minimum atomic E-state index is -0.214. The van der Waals surface area contributed by atoms with E-state index in [2.05, 4.69) is 15.5 Å². The summed E-state index contributed by atoms with van der Waals surface area (Å²) in [5, 5.41) is 13.0. The number of thiophene rings is 1. The van der Waals surface area contributed by atoms with Crippen LogP contribution in [0.1, 0.15) is 35.9 Å². The summed E-state index contributed by atoms with van der Waals surface area (Å²) in [5.74, 6) is 0. The monoisotopic (exact) mass is 363 g/mol. The number of nitrogen functional groups attached to an aromatic ring is 1. The molecule has 7 nitrogen and oxygen atoms in total. The van der Waals surface area contributed by atoms with Gasteiger partial charge in [0.2, 0.25) is 0 Å². The number of nitrogens with one attached hydrogen (secondary N) is 1. The van der Waals surface area contributed by atoms with Gasteiger partial charge in [-0.2, -0.15) is 5.10 Å². The van der Waals surface area contributed by atoms with Gasteiger partial charge >= 0.3 is 6.09 Å². The van der Waals surface area contributed by atoms with Gasteiger partial charge in [-0.25, -0.2) is 4.79 Å². The Balaban J connectivity index is 1.61. The van der Waals surface area contributed by atoms with E-state index in [0.29, 0.717) is 19.7 Å². The highest BCUT2D eigenvalue weighted by Crippen LogP contribution is 2.34. The summed E-state index contributed by atoms with van der Waals surface area (Å²) >= 11 is 1.58. The quantitative estimate of drug-likeness (QED) is 0.848. The Hall–Kier alpha value is -1.93. The molecule has 3 N–H and O–H groups in total. The number of likely N-dealkylation sites (tertiary alicyclic amines) is 1. The number of ether oxygens (including phenoxy) is 1. The van der Waals surface area contributed by atoms with Crippen LogP contribution in [0.5, 0.6) is 0 Å². The molecule has 1 unspecified atom stereocenters. The lowest BCUT2D eigenvalue weighted by Gasteiger charge is -2.16. The molecule has 136 valence electrons. The van der Waals surface area contributed by atoms with Crippen LogP contribution in [-0.4, -0.2) is 46.9 Å². The molecule has 3 rings (SSSR count). The van der Waals surface area contributed by atoms with Crippen LogP contribution in [0.15, 0.2) is 0 Å². The number of rotatable bonds is 5. The highest BCUT2D eigenvalue weighted by molar-refractivity contribution is 7.19. The first kappa shape index (κ1) is 17.9. The van der Waals surface area contributed by atoms with Crippen LogP contribution in [0.4, 0.5) is 10.5 Å². The van der Waals surface area contributed by atoms with Crippen molar-refractivity contribution in [3.05, 3.63) is 16.1 Å². The first-order valence-electron chi connectivity index (χ1n) is 8.67. The molecule has 0 aliphatic carbocycles. The lowest BCUT2D eigenvalue weighted by Crippen LogP contribution is -2.35. The lowest BCUT2D eigenvalue weighted by molar-refractivity contribution is 0.110. The number of amides is 1. The Morgan fingerprint density at radius 3 is 3.00 bits per heavy atom. The minimum Gasteiger partial charge on any atom is -0.449 e. The van der Waals surface area contributed by atoms with E-state index in [-0.39, 0.29) is 12.1 Å². The maximum Gasteiger partial charge on any atom is 0.409 e. The molecule has 0 bridgehead atoms. The number of fused-ring (bicyclic) bond motifs is 1. The number of nitrogens with zero attached hydrogens (tertiary/aromatic N) is 3. The maximum atomic E-state index is 11.9. The summed E-state index contributed by atoms with van der Waals surface area (Å²) in [4.78, 5) is 15.6. The molecule has 1 aliphatic rings. The Labute approximate surface area is 151 Å². The molecule has 0 saturated carbocycles. The molecule has 1 amide bonds. The zero-order valence-electron chi connectivity index (χ0n) is 15.0. The van der Waals surface area contributed by atoms with Crippen LogP contribution < -0.4 is 11.1 Å². The molecule has 2 aromatic heterocycles. The summed E-state index contributed by atoms with van der Waals surface area (Å²) in [6.45, 7) is 8.52. The number of carbonyl (C=O) groups is 1. The van der Waals surface area contributed by atoms with Gasteiger partial charge in [0.15, 0.2) is 0 Å². The summed E-state index contributed by atoms with van der Waals surface area (Å²) in [5.41, 5.74) is 9.14. The molecule has 1 aliphatic heterocycles. The largest absolute Gasteiger partial charge is 0.449 e. The maximum absolute atomic E-state index is 11.9. The Morgan fingerprint density at radius 1 is 1.44 bits per heavy atom. The molecule has 0 aromatic carbocycles. The number of carbonyl (C=O) groups excluding carboxylic acids is 1. The van der Waals surface area contributed by atoms with Crippen molar-refractivity contribution >= 4 is 33.3 Å². The molecular weight excluding hydrogens is 338 g/mol. The van der Waals surface area contributed by atoms with E-state index in [9.17, 15) is 4.79 Å². The molecule has 8 heteroatoms. The molecular formula is C17H25N5O2S. The Kier molecular flexibility index (Phi) is 5.39. The third kappa shape index (κ3) is 3.69. The van der Waals surface area contributed by atoms with Gasteiger partial charge in [0.05, 0.1) is 18.0 Å². The van der Waals surface area contributed by atoms with Gasteiger partial charge in [-0.3, -0.25) is 0 Å². The summed E-state index contributed by atoms with van der Waals surface area (Å²) in [6.07, 6.45) is 1.55. The third-order valence-electron chi connectivity index (χ3n) is 4.64. The van der Waals surface area contributed by atoms with Crippen molar-refractivity contribution in [3.63, 3.8) is 0 Å². The lowest BCUT2D eigenvalue weighted by atomic mass is 10.1. The first-order chi connectivity index (χ1) is 12.0. The molecule has 1 saturated heterocycles. The minimum absolute atomic E-state index is 0.214. The first-order valence-corrected chi connectivity index (χ1v) is 9.48. The smallest absolute Gasteiger partial charge is 0.409 e. The Bertz CT molecular complexity index is 776. The van der Waals surface area contributed by atoms with Crippen LogP contribution in [0.3, 0.4) is 0 Å². The molecule has 0 radical (unpaired) electrons. The molecule has 25 heavy (non-hydrogen) atoms. The van der Waals surface area contributed by atoms with Gasteiger partial charge in [0.25, 0.3) is 0 Å². The number of aryl methyl sites for hydroxylation is 2. The second kappa shape index (κ2) is 7.53.